The van der Waals surface area contributed by atoms with Crippen LogP contribution >= 0.6 is 0 Å². The second kappa shape index (κ2) is 13.3. The van der Waals surface area contributed by atoms with Crippen molar-refractivity contribution in [2.24, 2.45) is 0 Å². The molecule has 3 atom stereocenters. The second-order valence-electron chi connectivity index (χ2n) is 7.07. The first kappa shape index (κ1) is 23.1. The molecular weight excluding hydrogens is 352 g/mol. The number of carbonyl (C=O) groups is 3. The summed E-state index contributed by atoms with van der Waals surface area (Å²) in [4.78, 5) is 34.2. The lowest BCUT2D eigenvalue weighted by molar-refractivity contribution is -0.156. The Morgan fingerprint density at radius 3 is 2.30 bits per heavy atom. The Morgan fingerprint density at radius 1 is 1.07 bits per heavy atom. The maximum atomic E-state index is 11.8. The third kappa shape index (κ3) is 11.4. The fourth-order valence-corrected chi connectivity index (χ4v) is 2.99. The van der Waals surface area contributed by atoms with Gasteiger partial charge in [-0.3, -0.25) is 9.59 Å². The Labute approximate surface area is 160 Å². The number of carboxylic acid groups (broad SMARTS) is 1. The van der Waals surface area contributed by atoms with E-state index in [0.29, 0.717) is 6.42 Å². The lowest BCUT2D eigenvalue weighted by atomic mass is 10.0. The largest absolute Gasteiger partial charge is 0.481 e. The van der Waals surface area contributed by atoms with Gasteiger partial charge in [-0.1, -0.05) is 32.1 Å². The molecule has 7 heteroatoms. The molecular formula is C20H32O7. The zero-order chi connectivity index (χ0) is 20.1. The SMILES string of the molecule is C[C@@H]1CCCCCCCCC[C@H](OC(=O)CCC(=O)O)[C@H](O)/C=C\C(=O)O1. The molecule has 1 aliphatic heterocycles. The fraction of sp³-hybridized carbons (Fsp3) is 0.750. The van der Waals surface area contributed by atoms with Crippen molar-refractivity contribution in [2.45, 2.75) is 95.9 Å². The van der Waals surface area contributed by atoms with E-state index in [2.05, 4.69) is 0 Å². The first-order valence-corrected chi connectivity index (χ1v) is 9.86. The Hall–Kier alpha value is -1.89. The van der Waals surface area contributed by atoms with Crippen LogP contribution in [0.5, 0.6) is 0 Å². The topological polar surface area (TPSA) is 110 Å². The standard InChI is InChI=1S/C20H32O7/c1-15-9-7-5-3-2-4-6-8-10-17(16(21)11-13-19(24)26-15)27-20(25)14-12-18(22)23/h11,13,15-17,21H,2-10,12,14H2,1H3,(H,22,23)/b13-11-/t15-,16-,17+/m1/s1. The summed E-state index contributed by atoms with van der Waals surface area (Å²) in [7, 11) is 0. The third-order valence-electron chi connectivity index (χ3n) is 4.55. The van der Waals surface area contributed by atoms with Crippen LogP contribution in [0, 0.1) is 0 Å². The number of aliphatic carboxylic acids is 1. The number of hydrogen-bond acceptors (Lipinski definition) is 6. The predicted octanol–water partition coefficient (Wildman–Crippen LogP) is 3.14. The number of carboxylic acids is 1. The lowest BCUT2D eigenvalue weighted by Gasteiger charge is -2.21. The maximum Gasteiger partial charge on any atom is 0.330 e. The molecule has 7 nitrogen and oxygen atoms in total. The van der Waals surface area contributed by atoms with Gasteiger partial charge >= 0.3 is 17.9 Å². The number of cyclic esters (lactones) is 1. The number of carbonyl (C=O) groups excluding carboxylic acids is 2. The average Bonchev–Trinajstić information content (AvgIpc) is 2.61. The summed E-state index contributed by atoms with van der Waals surface area (Å²) in [5.74, 6) is -2.28. The highest BCUT2D eigenvalue weighted by Gasteiger charge is 2.22. The quantitative estimate of drug-likeness (QED) is 0.716. The predicted molar refractivity (Wildman–Crippen MR) is 99.0 cm³/mol. The molecule has 27 heavy (non-hydrogen) atoms. The van der Waals surface area contributed by atoms with E-state index in [1.807, 2.05) is 6.92 Å². The number of aliphatic hydroxyl groups is 1. The van der Waals surface area contributed by atoms with Crippen molar-refractivity contribution in [3.05, 3.63) is 12.2 Å². The van der Waals surface area contributed by atoms with E-state index >= 15 is 0 Å². The molecule has 0 spiro atoms. The minimum Gasteiger partial charge on any atom is -0.481 e. The van der Waals surface area contributed by atoms with E-state index in [1.54, 1.807) is 0 Å². The molecule has 1 aliphatic rings. The molecule has 1 heterocycles. The van der Waals surface area contributed by atoms with Crippen molar-refractivity contribution in [1.82, 2.24) is 0 Å². The lowest BCUT2D eigenvalue weighted by Crippen LogP contribution is -2.30. The molecule has 0 amide bonds. The van der Waals surface area contributed by atoms with Crippen molar-refractivity contribution in [3.8, 4) is 0 Å². The van der Waals surface area contributed by atoms with E-state index in [1.165, 1.54) is 6.08 Å². The molecule has 0 bridgehead atoms. The zero-order valence-electron chi connectivity index (χ0n) is 16.1. The molecule has 0 aromatic carbocycles. The van der Waals surface area contributed by atoms with Crippen LogP contribution in [0.3, 0.4) is 0 Å². The van der Waals surface area contributed by atoms with Gasteiger partial charge in [-0.2, -0.15) is 0 Å². The maximum absolute atomic E-state index is 11.8. The van der Waals surface area contributed by atoms with E-state index in [0.717, 1.165) is 57.4 Å². The average molecular weight is 384 g/mol. The van der Waals surface area contributed by atoms with Crippen molar-refractivity contribution < 1.29 is 34.1 Å². The second-order valence-corrected chi connectivity index (χ2v) is 7.07. The van der Waals surface area contributed by atoms with Crippen LogP contribution in [-0.2, 0) is 23.9 Å². The summed E-state index contributed by atoms with van der Waals surface area (Å²) in [6.07, 6.45) is 8.22. The molecule has 0 aliphatic carbocycles. The van der Waals surface area contributed by atoms with Gasteiger partial charge < -0.3 is 19.7 Å². The first-order chi connectivity index (χ1) is 12.9. The van der Waals surface area contributed by atoms with Crippen LogP contribution < -0.4 is 0 Å². The van der Waals surface area contributed by atoms with Crippen LogP contribution in [0.1, 0.15) is 77.6 Å². The molecule has 1 rings (SSSR count). The van der Waals surface area contributed by atoms with Crippen molar-refractivity contribution >= 4 is 17.9 Å². The van der Waals surface area contributed by atoms with Crippen molar-refractivity contribution in [1.29, 1.82) is 0 Å². The minimum absolute atomic E-state index is 0.183. The number of aliphatic hydroxyl groups excluding tert-OH is 1. The number of rotatable bonds is 4. The Balaban J connectivity index is 2.69. The molecule has 0 aromatic rings. The van der Waals surface area contributed by atoms with Gasteiger partial charge in [-0.05, 0) is 38.7 Å². The zero-order valence-corrected chi connectivity index (χ0v) is 16.1. The Bertz CT molecular complexity index is 501. The summed E-state index contributed by atoms with van der Waals surface area (Å²) in [5.41, 5.74) is 0. The minimum atomic E-state index is -1.14. The van der Waals surface area contributed by atoms with Gasteiger partial charge in [0, 0.05) is 6.08 Å². The molecule has 154 valence electrons. The first-order valence-electron chi connectivity index (χ1n) is 9.86. The van der Waals surface area contributed by atoms with E-state index < -0.39 is 30.1 Å². The van der Waals surface area contributed by atoms with Gasteiger partial charge in [-0.15, -0.1) is 0 Å². The van der Waals surface area contributed by atoms with Gasteiger partial charge in [0.25, 0.3) is 0 Å². The smallest absolute Gasteiger partial charge is 0.330 e. The van der Waals surface area contributed by atoms with Gasteiger partial charge in [-0.25, -0.2) is 4.79 Å². The number of esters is 2. The Kier molecular flexibility index (Phi) is 11.4. The summed E-state index contributed by atoms with van der Waals surface area (Å²) in [6, 6.07) is 0. The molecule has 0 saturated carbocycles. The fourth-order valence-electron chi connectivity index (χ4n) is 2.99. The monoisotopic (exact) mass is 384 g/mol. The molecule has 0 unspecified atom stereocenters. The summed E-state index contributed by atoms with van der Waals surface area (Å²) in [6.45, 7) is 1.85. The van der Waals surface area contributed by atoms with Gasteiger partial charge in [0.2, 0.25) is 0 Å². The molecule has 0 fully saturated rings. The van der Waals surface area contributed by atoms with Crippen LogP contribution in [0.2, 0.25) is 0 Å². The normalized spacial score (nSPS) is 27.3. The Morgan fingerprint density at radius 2 is 1.67 bits per heavy atom. The molecule has 0 aromatic heterocycles. The highest BCUT2D eigenvalue weighted by Crippen LogP contribution is 2.17. The number of hydrogen-bond donors (Lipinski definition) is 2. The van der Waals surface area contributed by atoms with Gasteiger partial charge in [0.05, 0.1) is 18.9 Å². The highest BCUT2D eigenvalue weighted by molar-refractivity contribution is 5.82. The molecule has 0 saturated heterocycles. The van der Waals surface area contributed by atoms with Crippen LogP contribution in [0.25, 0.3) is 0 Å². The van der Waals surface area contributed by atoms with E-state index in [-0.39, 0.29) is 18.9 Å². The van der Waals surface area contributed by atoms with Crippen LogP contribution in [0.15, 0.2) is 12.2 Å². The summed E-state index contributed by atoms with van der Waals surface area (Å²) in [5, 5.41) is 19.0. The molecule has 0 radical (unpaired) electrons. The van der Waals surface area contributed by atoms with Gasteiger partial charge in [0.15, 0.2) is 0 Å². The van der Waals surface area contributed by atoms with Crippen LogP contribution in [-0.4, -0.2) is 46.4 Å². The van der Waals surface area contributed by atoms with Crippen molar-refractivity contribution in [2.75, 3.05) is 0 Å². The summed E-state index contributed by atoms with van der Waals surface area (Å²) >= 11 is 0. The summed E-state index contributed by atoms with van der Waals surface area (Å²) < 4.78 is 10.5. The van der Waals surface area contributed by atoms with Crippen LogP contribution in [0.4, 0.5) is 0 Å². The van der Waals surface area contributed by atoms with E-state index in [4.69, 9.17) is 14.6 Å². The highest BCUT2D eigenvalue weighted by atomic mass is 16.6. The van der Waals surface area contributed by atoms with Crippen molar-refractivity contribution in [3.63, 3.8) is 0 Å². The third-order valence-corrected chi connectivity index (χ3v) is 4.55. The van der Waals surface area contributed by atoms with E-state index in [9.17, 15) is 19.5 Å². The number of ether oxygens (including phenoxy) is 2. The van der Waals surface area contributed by atoms with Gasteiger partial charge in [0.1, 0.15) is 12.2 Å². The molecule has 2 N–H and O–H groups in total.